The fourth-order valence-corrected chi connectivity index (χ4v) is 5.59. The second-order valence-electron chi connectivity index (χ2n) is 9.25. The van der Waals surface area contributed by atoms with Crippen LogP contribution in [0.1, 0.15) is 42.7 Å². The number of nitrogens with zero attached hydrogens (tertiary/aromatic N) is 2. The van der Waals surface area contributed by atoms with Gasteiger partial charge >= 0.3 is 12.1 Å². The maximum absolute atomic E-state index is 12.7. The van der Waals surface area contributed by atoms with Crippen LogP contribution in [0.15, 0.2) is 66.9 Å². The molecule has 1 N–H and O–H groups in total. The molecule has 2 aromatic carbocycles. The predicted octanol–water partition coefficient (Wildman–Crippen LogP) is 7.35. The summed E-state index contributed by atoms with van der Waals surface area (Å²) in [7, 11) is 1.43. The van der Waals surface area contributed by atoms with Crippen molar-refractivity contribution in [1.82, 2.24) is 9.36 Å². The van der Waals surface area contributed by atoms with Crippen LogP contribution in [0.3, 0.4) is 0 Å². The van der Waals surface area contributed by atoms with E-state index in [1.54, 1.807) is 19.2 Å². The highest BCUT2D eigenvalue weighted by Gasteiger charge is 2.52. The minimum atomic E-state index is -0.591. The molecule has 2 heterocycles. The first-order chi connectivity index (χ1) is 18.3. The van der Waals surface area contributed by atoms with E-state index in [0.717, 1.165) is 45.7 Å². The highest BCUT2D eigenvalue weighted by atomic mass is 35.5. The molecule has 1 aliphatic rings. The minimum Gasteiger partial charge on any atom is -0.468 e. The zero-order valence-corrected chi connectivity index (χ0v) is 22.7. The molecule has 0 bridgehead atoms. The molecule has 0 radical (unpaired) electrons. The van der Waals surface area contributed by atoms with Crippen LogP contribution in [-0.4, -0.2) is 28.5 Å². The largest absolute Gasteiger partial charge is 0.468 e. The van der Waals surface area contributed by atoms with Crippen LogP contribution in [0.25, 0.3) is 21.7 Å². The zero-order valence-electron chi connectivity index (χ0n) is 21.2. The van der Waals surface area contributed by atoms with E-state index in [1.165, 1.54) is 18.6 Å². The SMILES string of the molecule is COC(=O)C1(c2ccc(-c3ccc(-c4snc(C)c4NC(=O)OC(C)c4ccccc4Cl)cn3)cc2)CC1. The van der Waals surface area contributed by atoms with Gasteiger partial charge in [-0.15, -0.1) is 0 Å². The molecule has 38 heavy (non-hydrogen) atoms. The van der Waals surface area contributed by atoms with Gasteiger partial charge < -0.3 is 9.47 Å². The standard InChI is InChI=1S/C29H26ClN3O4S/c1-17-25(32-28(35)37-18(2)22-6-4-5-7-23(22)30)26(38-33-17)20-10-13-24(31-16-20)19-8-11-21(12-9-19)29(14-15-29)27(34)36-3/h4-13,16,18H,14-15H2,1-3H3,(H,32,35). The average molecular weight is 548 g/mol. The fraction of sp³-hybridized carbons (Fsp3) is 0.241. The summed E-state index contributed by atoms with van der Waals surface area (Å²) in [5.41, 5.74) is 5.04. The number of aryl methyl sites for hydroxylation is 1. The third-order valence-electron chi connectivity index (χ3n) is 6.80. The lowest BCUT2D eigenvalue weighted by molar-refractivity contribution is -0.143. The van der Waals surface area contributed by atoms with Crippen molar-refractivity contribution < 1.29 is 19.1 Å². The maximum atomic E-state index is 12.7. The Labute approximate surface area is 230 Å². The van der Waals surface area contributed by atoms with E-state index in [1.807, 2.05) is 61.5 Å². The monoisotopic (exact) mass is 547 g/mol. The summed E-state index contributed by atoms with van der Waals surface area (Å²) in [6.45, 7) is 3.60. The van der Waals surface area contributed by atoms with Gasteiger partial charge in [-0.3, -0.25) is 15.1 Å². The van der Waals surface area contributed by atoms with Crippen molar-refractivity contribution >= 4 is 40.9 Å². The number of nitrogens with one attached hydrogen (secondary N) is 1. The van der Waals surface area contributed by atoms with Gasteiger partial charge in [-0.05, 0) is 62.0 Å². The summed E-state index contributed by atoms with van der Waals surface area (Å²) in [4.78, 5) is 30.3. The van der Waals surface area contributed by atoms with E-state index >= 15 is 0 Å². The van der Waals surface area contributed by atoms with Crippen LogP contribution < -0.4 is 5.32 Å². The third-order valence-corrected chi connectivity index (χ3v) is 8.13. The second kappa shape index (κ2) is 10.6. The number of esters is 1. The van der Waals surface area contributed by atoms with E-state index in [9.17, 15) is 9.59 Å². The molecule has 1 atom stereocenters. The molecule has 1 amide bonds. The molecule has 1 saturated carbocycles. The quantitative estimate of drug-likeness (QED) is 0.243. The number of carbonyl (C=O) groups is 2. The number of ether oxygens (including phenoxy) is 2. The molecule has 5 rings (SSSR count). The smallest absolute Gasteiger partial charge is 0.412 e. The number of rotatable bonds is 7. The average Bonchev–Trinajstić information content (AvgIpc) is 3.67. The fourth-order valence-electron chi connectivity index (χ4n) is 4.46. The van der Waals surface area contributed by atoms with Gasteiger partial charge in [0.05, 0.1) is 34.5 Å². The minimum absolute atomic E-state index is 0.181. The first-order valence-corrected chi connectivity index (χ1v) is 13.3. The van der Waals surface area contributed by atoms with Crippen LogP contribution in [0.2, 0.25) is 5.02 Å². The third kappa shape index (κ3) is 5.01. The lowest BCUT2D eigenvalue weighted by Crippen LogP contribution is -2.21. The Morgan fingerprint density at radius 3 is 2.39 bits per heavy atom. The number of carbonyl (C=O) groups excluding carboxylic acids is 2. The van der Waals surface area contributed by atoms with Gasteiger partial charge in [0, 0.05) is 27.9 Å². The van der Waals surface area contributed by atoms with Crippen molar-refractivity contribution in [3.63, 3.8) is 0 Å². The van der Waals surface area contributed by atoms with Gasteiger partial charge in [-0.25, -0.2) is 4.79 Å². The van der Waals surface area contributed by atoms with E-state index in [-0.39, 0.29) is 5.97 Å². The molecule has 0 aliphatic heterocycles. The predicted molar refractivity (Wildman–Crippen MR) is 148 cm³/mol. The van der Waals surface area contributed by atoms with Crippen molar-refractivity contribution in [3.8, 4) is 21.7 Å². The Hall–Kier alpha value is -3.75. The Morgan fingerprint density at radius 1 is 1.05 bits per heavy atom. The summed E-state index contributed by atoms with van der Waals surface area (Å²) < 4.78 is 15.0. The lowest BCUT2D eigenvalue weighted by Gasteiger charge is -2.16. The molecule has 1 unspecified atom stereocenters. The van der Waals surface area contributed by atoms with Gasteiger partial charge in [0.15, 0.2) is 0 Å². The Balaban J connectivity index is 1.30. The molecular formula is C29H26ClN3O4S. The molecule has 7 nitrogen and oxygen atoms in total. The van der Waals surface area contributed by atoms with Gasteiger partial charge in [-0.1, -0.05) is 54.1 Å². The molecule has 0 saturated heterocycles. The molecule has 1 aliphatic carbocycles. The van der Waals surface area contributed by atoms with Crippen molar-refractivity contribution in [1.29, 1.82) is 0 Å². The van der Waals surface area contributed by atoms with Crippen molar-refractivity contribution in [3.05, 3.63) is 88.7 Å². The Morgan fingerprint density at radius 2 is 1.76 bits per heavy atom. The van der Waals surface area contributed by atoms with Gasteiger partial charge in [0.25, 0.3) is 0 Å². The van der Waals surface area contributed by atoms with E-state index in [4.69, 9.17) is 21.1 Å². The molecule has 2 aromatic heterocycles. The summed E-state index contributed by atoms with van der Waals surface area (Å²) in [6.07, 6.45) is 2.27. The van der Waals surface area contributed by atoms with Gasteiger partial charge in [-0.2, -0.15) is 4.37 Å². The Kier molecular flexibility index (Phi) is 7.19. The van der Waals surface area contributed by atoms with Crippen molar-refractivity contribution in [2.75, 3.05) is 12.4 Å². The molecule has 9 heteroatoms. The highest BCUT2D eigenvalue weighted by Crippen LogP contribution is 2.49. The van der Waals surface area contributed by atoms with Crippen LogP contribution in [0.4, 0.5) is 10.5 Å². The summed E-state index contributed by atoms with van der Waals surface area (Å²) in [5, 5.41) is 3.38. The number of halogens is 1. The normalized spacial score (nSPS) is 14.4. The van der Waals surface area contributed by atoms with Gasteiger partial charge in [0.1, 0.15) is 6.10 Å². The number of pyridine rings is 1. The summed E-state index contributed by atoms with van der Waals surface area (Å²) in [5.74, 6) is -0.181. The van der Waals surface area contributed by atoms with Crippen LogP contribution in [0.5, 0.6) is 0 Å². The highest BCUT2D eigenvalue weighted by molar-refractivity contribution is 7.10. The number of anilines is 1. The molecule has 194 valence electrons. The van der Waals surface area contributed by atoms with E-state index in [2.05, 4.69) is 14.7 Å². The van der Waals surface area contributed by atoms with Crippen molar-refractivity contribution in [2.45, 2.75) is 38.2 Å². The van der Waals surface area contributed by atoms with Crippen LogP contribution in [-0.2, 0) is 19.7 Å². The van der Waals surface area contributed by atoms with E-state index < -0.39 is 17.6 Å². The number of hydrogen-bond acceptors (Lipinski definition) is 7. The zero-order chi connectivity index (χ0) is 26.9. The lowest BCUT2D eigenvalue weighted by atomic mass is 9.94. The molecular weight excluding hydrogens is 522 g/mol. The number of hydrogen-bond donors (Lipinski definition) is 1. The topological polar surface area (TPSA) is 90.4 Å². The van der Waals surface area contributed by atoms with Crippen LogP contribution >= 0.6 is 23.1 Å². The number of amides is 1. The molecule has 1 fully saturated rings. The number of aromatic nitrogens is 2. The molecule has 4 aromatic rings. The second-order valence-corrected chi connectivity index (χ2v) is 10.4. The number of benzene rings is 2. The summed E-state index contributed by atoms with van der Waals surface area (Å²) >= 11 is 7.52. The van der Waals surface area contributed by atoms with E-state index in [0.29, 0.717) is 16.4 Å². The van der Waals surface area contributed by atoms with Crippen LogP contribution in [0, 0.1) is 6.92 Å². The van der Waals surface area contributed by atoms with Gasteiger partial charge in [0.2, 0.25) is 0 Å². The molecule has 0 spiro atoms. The van der Waals surface area contributed by atoms with Crippen molar-refractivity contribution in [2.24, 2.45) is 0 Å². The maximum Gasteiger partial charge on any atom is 0.412 e. The summed E-state index contributed by atoms with van der Waals surface area (Å²) in [6, 6.07) is 19.0. The number of methoxy groups -OCH3 is 1. The first kappa shape index (κ1) is 25.9. The first-order valence-electron chi connectivity index (χ1n) is 12.2. The Bertz CT molecular complexity index is 1480.